The van der Waals surface area contributed by atoms with E-state index >= 15 is 0 Å². The smallest absolute Gasteiger partial charge is 0.316 e. The van der Waals surface area contributed by atoms with Gasteiger partial charge in [0.05, 0.1) is 6.61 Å². The van der Waals surface area contributed by atoms with Gasteiger partial charge in [0.15, 0.2) is 0 Å². The zero-order chi connectivity index (χ0) is 11.1. The largest absolute Gasteiger partial charge is 0.465 e. The molecule has 1 aromatic rings. The number of carbonyl (C=O) groups excluding carboxylic acids is 1. The Balaban J connectivity index is 2.34. The van der Waals surface area contributed by atoms with Crippen molar-refractivity contribution in [2.45, 2.75) is 31.9 Å². The first-order valence-electron chi connectivity index (χ1n) is 4.87. The second-order valence-corrected chi connectivity index (χ2v) is 3.73. The second-order valence-electron chi connectivity index (χ2n) is 2.81. The summed E-state index contributed by atoms with van der Waals surface area (Å²) in [6.45, 7) is 4.20. The summed E-state index contributed by atoms with van der Waals surface area (Å²) in [5.41, 5.74) is 0. The van der Waals surface area contributed by atoms with E-state index in [1.807, 2.05) is 6.92 Å². The summed E-state index contributed by atoms with van der Waals surface area (Å²) in [5.74, 6) is 0.559. The molecule has 5 nitrogen and oxygen atoms in total. The molecule has 0 amide bonds. The minimum Gasteiger partial charge on any atom is -0.465 e. The summed E-state index contributed by atoms with van der Waals surface area (Å²) in [6.07, 6.45) is 1.73. The van der Waals surface area contributed by atoms with Gasteiger partial charge in [-0.3, -0.25) is 4.79 Å². The van der Waals surface area contributed by atoms with Gasteiger partial charge >= 0.3 is 5.97 Å². The molecule has 0 saturated heterocycles. The van der Waals surface area contributed by atoms with E-state index in [9.17, 15) is 4.79 Å². The first-order chi connectivity index (χ1) is 7.26. The van der Waals surface area contributed by atoms with Gasteiger partial charge in [-0.2, -0.15) is 0 Å². The Morgan fingerprint density at radius 1 is 1.47 bits per heavy atom. The van der Waals surface area contributed by atoms with Crippen LogP contribution in [0.5, 0.6) is 0 Å². The fourth-order valence-corrected chi connectivity index (χ4v) is 1.51. The molecule has 0 saturated carbocycles. The number of thioether (sulfide) groups is 1. The van der Waals surface area contributed by atoms with E-state index < -0.39 is 0 Å². The van der Waals surface area contributed by atoms with Gasteiger partial charge in [-0.05, 0) is 13.3 Å². The Morgan fingerprint density at radius 3 is 2.93 bits per heavy atom. The number of aryl methyl sites for hydroxylation is 1. The highest BCUT2D eigenvalue weighted by Gasteiger charge is 2.09. The number of aromatic nitrogens is 2. The monoisotopic (exact) mass is 230 g/mol. The Bertz CT molecular complexity index is 314. The summed E-state index contributed by atoms with van der Waals surface area (Å²) >= 11 is 1.20. The molecule has 0 aromatic carbocycles. The number of hydrogen-bond acceptors (Lipinski definition) is 6. The second kappa shape index (κ2) is 6.44. The fourth-order valence-electron chi connectivity index (χ4n) is 0.935. The molecule has 0 aliphatic carbocycles. The number of nitrogens with zero attached hydrogens (tertiary/aromatic N) is 2. The predicted octanol–water partition coefficient (Wildman–Crippen LogP) is 1.68. The van der Waals surface area contributed by atoms with Crippen molar-refractivity contribution in [3.8, 4) is 0 Å². The van der Waals surface area contributed by atoms with Gasteiger partial charge in [-0.1, -0.05) is 18.7 Å². The van der Waals surface area contributed by atoms with Crippen LogP contribution in [0.1, 0.15) is 26.2 Å². The normalized spacial score (nSPS) is 10.3. The maximum absolute atomic E-state index is 11.0. The molecule has 0 unspecified atom stereocenters. The highest BCUT2D eigenvalue weighted by molar-refractivity contribution is 7.99. The predicted molar refractivity (Wildman–Crippen MR) is 55.7 cm³/mol. The zero-order valence-electron chi connectivity index (χ0n) is 8.86. The van der Waals surface area contributed by atoms with E-state index in [0.717, 1.165) is 12.8 Å². The minimum atomic E-state index is -0.266. The molecule has 0 radical (unpaired) electrons. The van der Waals surface area contributed by atoms with Crippen molar-refractivity contribution in [3.05, 3.63) is 5.89 Å². The van der Waals surface area contributed by atoms with Crippen LogP contribution in [0.25, 0.3) is 0 Å². The average Bonchev–Trinajstić information content (AvgIpc) is 2.64. The van der Waals surface area contributed by atoms with Crippen LogP contribution in [0.2, 0.25) is 0 Å². The molecule has 15 heavy (non-hydrogen) atoms. The number of ether oxygens (including phenoxy) is 1. The van der Waals surface area contributed by atoms with Crippen LogP contribution in [-0.4, -0.2) is 28.5 Å². The van der Waals surface area contributed by atoms with Crippen molar-refractivity contribution in [1.29, 1.82) is 0 Å². The molecule has 0 bridgehead atoms. The van der Waals surface area contributed by atoms with E-state index in [2.05, 4.69) is 10.2 Å². The number of hydrogen-bond donors (Lipinski definition) is 0. The van der Waals surface area contributed by atoms with Crippen LogP contribution in [0.15, 0.2) is 9.64 Å². The van der Waals surface area contributed by atoms with Gasteiger partial charge in [-0.25, -0.2) is 0 Å². The third-order valence-corrected chi connectivity index (χ3v) is 2.32. The van der Waals surface area contributed by atoms with Crippen LogP contribution < -0.4 is 0 Å². The quantitative estimate of drug-likeness (QED) is 0.547. The molecule has 6 heteroatoms. The van der Waals surface area contributed by atoms with Crippen molar-refractivity contribution in [3.63, 3.8) is 0 Å². The topological polar surface area (TPSA) is 65.2 Å². The van der Waals surface area contributed by atoms with Crippen molar-refractivity contribution < 1.29 is 13.9 Å². The lowest BCUT2D eigenvalue weighted by molar-refractivity contribution is -0.139. The lowest BCUT2D eigenvalue weighted by Gasteiger charge is -1.97. The number of rotatable bonds is 6. The third-order valence-electron chi connectivity index (χ3n) is 1.53. The van der Waals surface area contributed by atoms with Gasteiger partial charge in [0.25, 0.3) is 5.22 Å². The average molecular weight is 230 g/mol. The first kappa shape index (κ1) is 12.0. The summed E-state index contributed by atoms with van der Waals surface area (Å²) in [7, 11) is 0. The molecular weight excluding hydrogens is 216 g/mol. The molecular formula is C9H14N2O3S. The van der Waals surface area contributed by atoms with Crippen LogP contribution in [0.3, 0.4) is 0 Å². The van der Waals surface area contributed by atoms with Gasteiger partial charge in [0.1, 0.15) is 5.75 Å². The van der Waals surface area contributed by atoms with Crippen LogP contribution in [0.4, 0.5) is 0 Å². The van der Waals surface area contributed by atoms with E-state index in [4.69, 9.17) is 9.15 Å². The molecule has 0 atom stereocenters. The lowest BCUT2D eigenvalue weighted by Crippen LogP contribution is -2.06. The van der Waals surface area contributed by atoms with Crippen molar-refractivity contribution in [2.75, 3.05) is 12.4 Å². The van der Waals surface area contributed by atoms with E-state index in [1.165, 1.54) is 11.8 Å². The van der Waals surface area contributed by atoms with Crippen molar-refractivity contribution in [1.82, 2.24) is 10.2 Å². The molecule has 0 aliphatic rings. The van der Waals surface area contributed by atoms with E-state index in [-0.39, 0.29) is 11.7 Å². The Morgan fingerprint density at radius 2 is 2.27 bits per heavy atom. The highest BCUT2D eigenvalue weighted by atomic mass is 32.2. The van der Waals surface area contributed by atoms with Crippen molar-refractivity contribution >= 4 is 17.7 Å². The summed E-state index contributed by atoms with van der Waals surface area (Å²) in [4.78, 5) is 11.0. The molecule has 0 N–H and O–H groups in total. The highest BCUT2D eigenvalue weighted by Crippen LogP contribution is 2.16. The van der Waals surface area contributed by atoms with Gasteiger partial charge < -0.3 is 9.15 Å². The third kappa shape index (κ3) is 4.33. The van der Waals surface area contributed by atoms with Gasteiger partial charge in [-0.15, -0.1) is 10.2 Å². The number of esters is 1. The van der Waals surface area contributed by atoms with Crippen molar-refractivity contribution in [2.24, 2.45) is 0 Å². The Labute approximate surface area is 92.6 Å². The maximum Gasteiger partial charge on any atom is 0.316 e. The maximum atomic E-state index is 11.0. The first-order valence-corrected chi connectivity index (χ1v) is 5.85. The van der Waals surface area contributed by atoms with Crippen LogP contribution in [-0.2, 0) is 16.0 Å². The summed E-state index contributed by atoms with van der Waals surface area (Å²) in [5, 5.41) is 8.07. The molecule has 1 rings (SSSR count). The summed E-state index contributed by atoms with van der Waals surface area (Å²) < 4.78 is 10.1. The van der Waals surface area contributed by atoms with Gasteiger partial charge in [0.2, 0.25) is 5.89 Å². The van der Waals surface area contributed by atoms with Crippen LogP contribution in [0, 0.1) is 0 Å². The van der Waals surface area contributed by atoms with Crippen LogP contribution >= 0.6 is 11.8 Å². The summed E-state index contributed by atoms with van der Waals surface area (Å²) in [6, 6.07) is 0. The van der Waals surface area contributed by atoms with E-state index in [0.29, 0.717) is 17.7 Å². The standard InChI is InChI=1S/C9H14N2O3S/c1-3-5-7-10-11-9(14-7)15-6-8(12)13-4-2/h3-6H2,1-2H3. The number of carbonyl (C=O) groups is 1. The minimum absolute atomic E-state index is 0.210. The lowest BCUT2D eigenvalue weighted by atomic mass is 10.3. The molecule has 0 fully saturated rings. The zero-order valence-corrected chi connectivity index (χ0v) is 9.67. The Kier molecular flexibility index (Phi) is 5.17. The molecule has 1 heterocycles. The molecule has 84 valence electrons. The Hall–Kier alpha value is -1.04. The van der Waals surface area contributed by atoms with Gasteiger partial charge in [0, 0.05) is 6.42 Å². The molecule has 0 spiro atoms. The molecule has 0 aliphatic heterocycles. The molecule has 1 aromatic heterocycles. The van der Waals surface area contributed by atoms with E-state index in [1.54, 1.807) is 6.92 Å². The SMILES string of the molecule is CCCc1nnc(SCC(=O)OCC)o1. The fraction of sp³-hybridized carbons (Fsp3) is 0.667.